The Balaban J connectivity index is 2.08. The second kappa shape index (κ2) is 2.70. The monoisotopic (exact) mass is 204 g/mol. The highest BCUT2D eigenvalue weighted by Crippen LogP contribution is 2.72. The summed E-state index contributed by atoms with van der Waals surface area (Å²) in [4.78, 5) is 0. The van der Waals surface area contributed by atoms with E-state index in [2.05, 4.69) is 27.4 Å². The molecule has 4 atom stereocenters. The van der Waals surface area contributed by atoms with Crippen molar-refractivity contribution in [2.75, 3.05) is 0 Å². The van der Waals surface area contributed by atoms with Crippen LogP contribution < -0.4 is 0 Å². The van der Waals surface area contributed by atoms with Gasteiger partial charge in [0.2, 0.25) is 0 Å². The molecule has 3 aliphatic carbocycles. The van der Waals surface area contributed by atoms with Gasteiger partial charge in [-0.3, -0.25) is 0 Å². The largest absolute Gasteiger partial charge is 0.0993 e. The van der Waals surface area contributed by atoms with Crippen molar-refractivity contribution < 1.29 is 0 Å². The Bertz CT molecular complexity index is 312. The molecule has 3 aliphatic rings. The summed E-state index contributed by atoms with van der Waals surface area (Å²) in [6.07, 6.45) is 7.09. The maximum absolute atomic E-state index is 4.40. The third kappa shape index (κ3) is 0.990. The molecular formula is C15H24. The van der Waals surface area contributed by atoms with Crippen LogP contribution in [0.25, 0.3) is 0 Å². The molecule has 84 valence electrons. The van der Waals surface area contributed by atoms with E-state index in [1.165, 1.54) is 32.1 Å². The molecule has 0 nitrogen and oxygen atoms in total. The van der Waals surface area contributed by atoms with E-state index in [0.717, 1.165) is 17.8 Å². The van der Waals surface area contributed by atoms with Gasteiger partial charge in [0.25, 0.3) is 0 Å². The van der Waals surface area contributed by atoms with Gasteiger partial charge in [0.1, 0.15) is 0 Å². The second-order valence-corrected chi connectivity index (χ2v) is 7.00. The Morgan fingerprint density at radius 3 is 2.73 bits per heavy atom. The first-order valence-corrected chi connectivity index (χ1v) is 6.67. The molecule has 0 heteroatoms. The predicted molar refractivity (Wildman–Crippen MR) is 64.6 cm³/mol. The molecule has 0 aromatic rings. The van der Waals surface area contributed by atoms with E-state index in [0.29, 0.717) is 10.8 Å². The van der Waals surface area contributed by atoms with Crippen LogP contribution in [0.15, 0.2) is 12.2 Å². The van der Waals surface area contributed by atoms with Crippen molar-refractivity contribution in [3.63, 3.8) is 0 Å². The number of allylic oxidation sites excluding steroid dienone is 1. The zero-order valence-electron chi connectivity index (χ0n) is 10.5. The van der Waals surface area contributed by atoms with Gasteiger partial charge in [-0.2, -0.15) is 0 Å². The highest BCUT2D eigenvalue weighted by atomic mass is 14.7. The maximum Gasteiger partial charge on any atom is -0.00542 e. The van der Waals surface area contributed by atoms with Gasteiger partial charge in [-0.25, -0.2) is 0 Å². The molecule has 0 N–H and O–H groups in total. The van der Waals surface area contributed by atoms with Crippen molar-refractivity contribution >= 4 is 0 Å². The van der Waals surface area contributed by atoms with Gasteiger partial charge in [-0.15, -0.1) is 0 Å². The van der Waals surface area contributed by atoms with E-state index in [1.54, 1.807) is 5.57 Å². The molecular weight excluding hydrogens is 180 g/mol. The Morgan fingerprint density at radius 2 is 2.00 bits per heavy atom. The summed E-state index contributed by atoms with van der Waals surface area (Å²) < 4.78 is 0. The molecule has 3 rings (SSSR count). The summed E-state index contributed by atoms with van der Waals surface area (Å²) in [6, 6.07) is 0. The van der Waals surface area contributed by atoms with Crippen LogP contribution in [0.3, 0.4) is 0 Å². The fourth-order valence-electron chi connectivity index (χ4n) is 5.45. The van der Waals surface area contributed by atoms with Gasteiger partial charge in [0.05, 0.1) is 0 Å². The molecule has 15 heavy (non-hydrogen) atoms. The Morgan fingerprint density at radius 1 is 1.27 bits per heavy atom. The molecule has 0 amide bonds. The minimum absolute atomic E-state index is 0.579. The summed E-state index contributed by atoms with van der Waals surface area (Å²) in [7, 11) is 0. The van der Waals surface area contributed by atoms with Crippen LogP contribution in [-0.2, 0) is 0 Å². The predicted octanol–water partition coefficient (Wildman–Crippen LogP) is 4.42. The molecule has 0 heterocycles. The van der Waals surface area contributed by atoms with Crippen LogP contribution in [0, 0.1) is 28.6 Å². The molecule has 0 aromatic heterocycles. The summed E-state index contributed by atoms with van der Waals surface area (Å²) in [6.45, 7) is 11.9. The molecule has 1 spiro atoms. The fraction of sp³-hybridized carbons (Fsp3) is 0.867. The third-order valence-electron chi connectivity index (χ3n) is 6.28. The lowest BCUT2D eigenvalue weighted by Gasteiger charge is -2.37. The van der Waals surface area contributed by atoms with Crippen molar-refractivity contribution in [1.82, 2.24) is 0 Å². The summed E-state index contributed by atoms with van der Waals surface area (Å²) in [5.41, 5.74) is 2.77. The van der Waals surface area contributed by atoms with Crippen LogP contribution >= 0.6 is 0 Å². The average Bonchev–Trinajstić information content (AvgIpc) is 2.57. The zero-order chi connectivity index (χ0) is 10.8. The van der Waals surface area contributed by atoms with Crippen molar-refractivity contribution in [3.05, 3.63) is 12.2 Å². The molecule has 2 bridgehead atoms. The Hall–Kier alpha value is -0.260. The van der Waals surface area contributed by atoms with Crippen LogP contribution in [0.2, 0.25) is 0 Å². The first kappa shape index (κ1) is 9.93. The molecule has 0 unspecified atom stereocenters. The summed E-state index contributed by atoms with van der Waals surface area (Å²) in [5, 5.41) is 0. The van der Waals surface area contributed by atoms with E-state index in [-0.39, 0.29) is 0 Å². The number of hydrogen-bond donors (Lipinski definition) is 0. The Labute approximate surface area is 94.1 Å². The van der Waals surface area contributed by atoms with Crippen LogP contribution in [-0.4, -0.2) is 0 Å². The summed E-state index contributed by atoms with van der Waals surface area (Å²) in [5.74, 6) is 2.87. The average molecular weight is 204 g/mol. The minimum atomic E-state index is 0.579. The molecule has 0 saturated heterocycles. The van der Waals surface area contributed by atoms with Gasteiger partial charge < -0.3 is 0 Å². The first-order chi connectivity index (χ1) is 6.98. The second-order valence-electron chi connectivity index (χ2n) is 7.00. The first-order valence-electron chi connectivity index (χ1n) is 6.67. The van der Waals surface area contributed by atoms with Gasteiger partial charge in [-0.1, -0.05) is 32.9 Å². The van der Waals surface area contributed by atoms with Crippen LogP contribution in [0.1, 0.15) is 52.9 Å². The van der Waals surface area contributed by atoms with Gasteiger partial charge >= 0.3 is 0 Å². The Kier molecular flexibility index (Phi) is 1.79. The van der Waals surface area contributed by atoms with Crippen LogP contribution in [0.4, 0.5) is 0 Å². The lowest BCUT2D eigenvalue weighted by atomic mass is 9.68. The van der Waals surface area contributed by atoms with Gasteiger partial charge in [0, 0.05) is 0 Å². The van der Waals surface area contributed by atoms with E-state index in [4.69, 9.17) is 0 Å². The van der Waals surface area contributed by atoms with E-state index >= 15 is 0 Å². The van der Waals surface area contributed by atoms with Crippen molar-refractivity contribution in [3.8, 4) is 0 Å². The van der Waals surface area contributed by atoms with Crippen molar-refractivity contribution in [1.29, 1.82) is 0 Å². The topological polar surface area (TPSA) is 0 Å². The molecule has 3 saturated carbocycles. The van der Waals surface area contributed by atoms with E-state index in [9.17, 15) is 0 Å². The fourth-order valence-corrected chi connectivity index (χ4v) is 5.45. The smallest absolute Gasteiger partial charge is 0.00542 e. The zero-order valence-corrected chi connectivity index (χ0v) is 10.5. The highest BCUT2D eigenvalue weighted by Gasteiger charge is 2.63. The van der Waals surface area contributed by atoms with E-state index in [1.807, 2.05) is 0 Å². The highest BCUT2D eigenvalue weighted by molar-refractivity contribution is 5.27. The van der Waals surface area contributed by atoms with E-state index < -0.39 is 0 Å². The molecule has 0 aromatic carbocycles. The van der Waals surface area contributed by atoms with Crippen molar-refractivity contribution in [2.24, 2.45) is 28.6 Å². The molecule has 3 fully saturated rings. The quantitative estimate of drug-likeness (QED) is 0.513. The standard InChI is InChI=1S/C15H24/c1-10-7-8-15-9-12(10)14(3,4)13(15)6-5-11(15)2/h10,12-13H,2,5-9H2,1,3-4H3/t10-,12+,13+,15+/m1/s1. The number of rotatable bonds is 0. The molecule has 0 aliphatic heterocycles. The third-order valence-corrected chi connectivity index (χ3v) is 6.28. The normalized spacial score (nSPS) is 51.9. The van der Waals surface area contributed by atoms with Crippen molar-refractivity contribution in [2.45, 2.75) is 52.9 Å². The lowest BCUT2D eigenvalue weighted by molar-refractivity contribution is 0.140. The minimum Gasteiger partial charge on any atom is -0.0993 e. The van der Waals surface area contributed by atoms with Gasteiger partial charge in [-0.05, 0) is 60.7 Å². The van der Waals surface area contributed by atoms with Crippen LogP contribution in [0.5, 0.6) is 0 Å². The number of fused-ring (bicyclic) bond motifs is 1. The SMILES string of the molecule is C=C1CC[C@H]2C(C)(C)[C@H]3C[C@@]12CC[C@H]3C. The number of hydrogen-bond acceptors (Lipinski definition) is 0. The summed E-state index contributed by atoms with van der Waals surface area (Å²) >= 11 is 0. The maximum atomic E-state index is 4.40. The lowest BCUT2D eigenvalue weighted by Crippen LogP contribution is -2.28. The molecule has 0 radical (unpaired) electrons. The van der Waals surface area contributed by atoms with Gasteiger partial charge in [0.15, 0.2) is 0 Å².